The molecule has 21 heavy (non-hydrogen) atoms. The number of carbonyl (C=O) groups is 1. The number of primary amides is 1. The number of nitrogens with zero attached hydrogens (tertiary/aromatic N) is 1. The number of carbonyl (C=O) groups excluding carboxylic acids is 1. The van der Waals surface area contributed by atoms with Gasteiger partial charge in [0.2, 0.25) is 5.91 Å². The summed E-state index contributed by atoms with van der Waals surface area (Å²) in [6.07, 6.45) is 0. The molecule has 2 rings (SSSR count). The number of amidine groups is 1. The third-order valence-electron chi connectivity index (χ3n) is 3.17. The number of nitrogens with two attached hydrogens (primary N) is 2. The highest BCUT2D eigenvalue weighted by molar-refractivity contribution is 6.03. The van der Waals surface area contributed by atoms with Crippen molar-refractivity contribution in [2.45, 2.75) is 6.54 Å². The second-order valence-corrected chi connectivity index (χ2v) is 4.53. The summed E-state index contributed by atoms with van der Waals surface area (Å²) in [4.78, 5) is 15.6. The Hall–Kier alpha value is -2.82. The van der Waals surface area contributed by atoms with Gasteiger partial charge in [-0.25, -0.2) is 0 Å². The van der Waals surface area contributed by atoms with Crippen LogP contribution >= 0.6 is 0 Å². The second kappa shape index (κ2) is 6.56. The van der Waals surface area contributed by atoms with E-state index in [0.717, 1.165) is 11.1 Å². The van der Waals surface area contributed by atoms with Crippen LogP contribution in [0.5, 0.6) is 0 Å². The quantitative estimate of drug-likeness (QED) is 0.451. The van der Waals surface area contributed by atoms with E-state index in [-0.39, 0.29) is 0 Å². The van der Waals surface area contributed by atoms with Gasteiger partial charge in [-0.2, -0.15) is 0 Å². The van der Waals surface area contributed by atoms with Crippen LogP contribution in [0.4, 0.5) is 5.69 Å². The third-order valence-corrected chi connectivity index (χ3v) is 3.17. The van der Waals surface area contributed by atoms with E-state index < -0.39 is 5.91 Å². The Balaban J connectivity index is 2.19. The Morgan fingerprint density at radius 1 is 1.10 bits per heavy atom. The summed E-state index contributed by atoms with van der Waals surface area (Å²) in [5, 5.41) is 3.20. The minimum Gasteiger partial charge on any atom is -0.398 e. The van der Waals surface area contributed by atoms with E-state index in [1.165, 1.54) is 0 Å². The molecular weight excluding hydrogens is 264 g/mol. The van der Waals surface area contributed by atoms with Crippen molar-refractivity contribution in [3.05, 3.63) is 65.2 Å². The molecule has 2 aromatic carbocycles. The van der Waals surface area contributed by atoms with Gasteiger partial charge in [0.05, 0.1) is 0 Å². The molecule has 0 saturated carbocycles. The van der Waals surface area contributed by atoms with Crippen molar-refractivity contribution < 1.29 is 4.79 Å². The number of anilines is 1. The van der Waals surface area contributed by atoms with Crippen molar-refractivity contribution in [2.24, 2.45) is 10.7 Å². The van der Waals surface area contributed by atoms with E-state index in [0.29, 0.717) is 23.6 Å². The van der Waals surface area contributed by atoms with Gasteiger partial charge in [0.15, 0.2) is 0 Å². The summed E-state index contributed by atoms with van der Waals surface area (Å²) in [6.45, 7) is 0.445. The molecule has 0 unspecified atom stereocenters. The highest BCUT2D eigenvalue weighted by Crippen LogP contribution is 2.12. The smallest absolute Gasteiger partial charge is 0.249 e. The fourth-order valence-corrected chi connectivity index (χ4v) is 2.10. The van der Waals surface area contributed by atoms with Gasteiger partial charge in [-0.15, -0.1) is 0 Å². The van der Waals surface area contributed by atoms with Crippen molar-refractivity contribution >= 4 is 17.4 Å². The van der Waals surface area contributed by atoms with Gasteiger partial charge in [-0.1, -0.05) is 30.3 Å². The average Bonchev–Trinajstić information content (AvgIpc) is 2.49. The molecule has 0 atom stereocenters. The molecule has 5 heteroatoms. The number of nitrogens with one attached hydrogen (secondary N) is 1. The van der Waals surface area contributed by atoms with Crippen molar-refractivity contribution in [3.63, 3.8) is 0 Å². The van der Waals surface area contributed by atoms with Crippen LogP contribution in [0.2, 0.25) is 0 Å². The van der Waals surface area contributed by atoms with Crippen LogP contribution in [0.1, 0.15) is 21.5 Å². The van der Waals surface area contributed by atoms with E-state index in [2.05, 4.69) is 10.3 Å². The standard InChI is InChI=1S/C16H18N4O/c1-19-16(13-8-4-5-9-14(13)17)20-10-11-6-2-3-7-12(11)15(18)21/h2-9H,10,17H2,1H3,(H2,18,21)(H,19,20). The molecular formula is C16H18N4O. The summed E-state index contributed by atoms with van der Waals surface area (Å²) >= 11 is 0. The lowest BCUT2D eigenvalue weighted by atomic mass is 10.1. The number of nitrogen functional groups attached to an aromatic ring is 1. The third kappa shape index (κ3) is 3.39. The van der Waals surface area contributed by atoms with Crippen LogP contribution in [-0.2, 0) is 6.54 Å². The number of benzene rings is 2. The first-order valence-corrected chi connectivity index (χ1v) is 6.56. The molecule has 0 aliphatic heterocycles. The summed E-state index contributed by atoms with van der Waals surface area (Å²) in [7, 11) is 1.69. The molecule has 0 bridgehead atoms. The zero-order chi connectivity index (χ0) is 15.2. The van der Waals surface area contributed by atoms with Gasteiger partial charge in [0.1, 0.15) is 5.84 Å². The van der Waals surface area contributed by atoms with Gasteiger partial charge in [0, 0.05) is 30.4 Å². The molecule has 0 saturated heterocycles. The van der Waals surface area contributed by atoms with Crippen molar-refractivity contribution in [1.82, 2.24) is 5.32 Å². The summed E-state index contributed by atoms with van der Waals surface area (Å²) in [5.41, 5.74) is 14.1. The molecule has 1 amide bonds. The Bertz CT molecular complexity index is 679. The summed E-state index contributed by atoms with van der Waals surface area (Å²) in [6, 6.07) is 14.7. The second-order valence-electron chi connectivity index (χ2n) is 4.53. The van der Waals surface area contributed by atoms with Crippen LogP contribution < -0.4 is 16.8 Å². The molecule has 2 aromatic rings. The largest absolute Gasteiger partial charge is 0.398 e. The van der Waals surface area contributed by atoms with Crippen LogP contribution in [0.15, 0.2) is 53.5 Å². The number of amides is 1. The normalized spacial score (nSPS) is 11.2. The van der Waals surface area contributed by atoms with Crippen molar-refractivity contribution in [1.29, 1.82) is 0 Å². The van der Waals surface area contributed by atoms with Crippen LogP contribution in [0, 0.1) is 0 Å². The SMILES string of the molecule is CN=C(NCc1ccccc1C(N)=O)c1ccccc1N. The zero-order valence-electron chi connectivity index (χ0n) is 11.8. The molecule has 0 fully saturated rings. The molecule has 108 valence electrons. The first-order valence-electron chi connectivity index (χ1n) is 6.56. The van der Waals surface area contributed by atoms with E-state index in [4.69, 9.17) is 11.5 Å². The number of para-hydroxylation sites is 1. The van der Waals surface area contributed by atoms with E-state index in [1.807, 2.05) is 36.4 Å². The number of aliphatic imine (C=N–C) groups is 1. The van der Waals surface area contributed by atoms with Crippen LogP contribution in [0.3, 0.4) is 0 Å². The van der Waals surface area contributed by atoms with Crippen molar-refractivity contribution in [2.75, 3.05) is 12.8 Å². The minimum absolute atomic E-state index is 0.443. The molecule has 5 N–H and O–H groups in total. The van der Waals surface area contributed by atoms with Crippen molar-refractivity contribution in [3.8, 4) is 0 Å². The zero-order valence-corrected chi connectivity index (χ0v) is 11.8. The summed E-state index contributed by atoms with van der Waals surface area (Å²) < 4.78 is 0. The van der Waals surface area contributed by atoms with Gasteiger partial charge in [-0.3, -0.25) is 9.79 Å². The Morgan fingerprint density at radius 2 is 1.71 bits per heavy atom. The highest BCUT2D eigenvalue weighted by Gasteiger charge is 2.09. The highest BCUT2D eigenvalue weighted by atomic mass is 16.1. The molecule has 0 aliphatic rings. The molecule has 0 heterocycles. The van der Waals surface area contributed by atoms with Crippen LogP contribution in [-0.4, -0.2) is 18.8 Å². The lowest BCUT2D eigenvalue weighted by Gasteiger charge is -2.13. The van der Waals surface area contributed by atoms with E-state index in [1.54, 1.807) is 19.2 Å². The summed E-state index contributed by atoms with van der Waals surface area (Å²) in [5.74, 6) is 0.231. The van der Waals surface area contributed by atoms with Gasteiger partial charge >= 0.3 is 0 Å². The Kier molecular flexibility index (Phi) is 4.56. The maximum Gasteiger partial charge on any atom is 0.249 e. The molecule has 5 nitrogen and oxygen atoms in total. The fraction of sp³-hybridized carbons (Fsp3) is 0.125. The lowest BCUT2D eigenvalue weighted by Crippen LogP contribution is -2.26. The minimum atomic E-state index is -0.443. The fourth-order valence-electron chi connectivity index (χ4n) is 2.10. The maximum atomic E-state index is 11.4. The average molecular weight is 282 g/mol. The van der Waals surface area contributed by atoms with Gasteiger partial charge < -0.3 is 16.8 Å². The van der Waals surface area contributed by atoms with Crippen LogP contribution in [0.25, 0.3) is 0 Å². The predicted octanol–water partition coefficient (Wildman–Crippen LogP) is 1.53. The first-order chi connectivity index (χ1) is 10.1. The van der Waals surface area contributed by atoms with E-state index in [9.17, 15) is 4.79 Å². The molecule has 0 aromatic heterocycles. The maximum absolute atomic E-state index is 11.4. The monoisotopic (exact) mass is 282 g/mol. The first kappa shape index (κ1) is 14.6. The molecule has 0 radical (unpaired) electrons. The van der Waals surface area contributed by atoms with Gasteiger partial charge in [0.25, 0.3) is 0 Å². The molecule has 0 aliphatic carbocycles. The number of hydrogen-bond acceptors (Lipinski definition) is 3. The topological polar surface area (TPSA) is 93.5 Å². The lowest BCUT2D eigenvalue weighted by molar-refractivity contribution is 0.0999. The Labute approximate surface area is 123 Å². The predicted molar refractivity (Wildman–Crippen MR) is 85.1 cm³/mol. The van der Waals surface area contributed by atoms with E-state index >= 15 is 0 Å². The number of rotatable bonds is 4. The number of hydrogen-bond donors (Lipinski definition) is 3. The molecule has 0 spiro atoms. The van der Waals surface area contributed by atoms with Gasteiger partial charge in [-0.05, 0) is 23.8 Å². The Morgan fingerprint density at radius 3 is 2.33 bits per heavy atom.